The van der Waals surface area contributed by atoms with Gasteiger partial charge in [-0.05, 0) is 38.3 Å². The second-order valence-corrected chi connectivity index (χ2v) is 6.06. The fraction of sp³-hybridized carbons (Fsp3) is 0.471. The molecule has 0 radical (unpaired) electrons. The molecule has 1 aliphatic heterocycles. The number of hydrogen-bond acceptors (Lipinski definition) is 7. The van der Waals surface area contributed by atoms with Gasteiger partial charge in [-0.3, -0.25) is 4.79 Å². The van der Waals surface area contributed by atoms with E-state index in [1.165, 1.54) is 6.92 Å². The Balaban J connectivity index is 2.10. The van der Waals surface area contributed by atoms with Crippen LogP contribution in [0.2, 0.25) is 0 Å². The number of benzene rings is 1. The average molecular weight is 360 g/mol. The summed E-state index contributed by atoms with van der Waals surface area (Å²) in [6.45, 7) is 3.38. The molecule has 9 heteroatoms. The number of nitroso groups, excluding NO2 is 1. The predicted octanol–water partition coefficient (Wildman–Crippen LogP) is 1.84. The molecule has 0 spiro atoms. The number of fused-ring (bicyclic) bond motifs is 1. The van der Waals surface area contributed by atoms with Gasteiger partial charge < -0.3 is 19.5 Å². The number of para-hydroxylation sites is 1. The molecule has 0 saturated carbocycles. The predicted molar refractivity (Wildman–Crippen MR) is 94.7 cm³/mol. The molecule has 1 heterocycles. The number of Topliss-reactive ketones (excluding diaryl/α,β-unsaturated/α-hetero) is 1. The second kappa shape index (κ2) is 9.12. The van der Waals surface area contributed by atoms with Crippen molar-refractivity contribution in [1.82, 2.24) is 5.32 Å². The molecule has 0 saturated heterocycles. The standard InChI is InChI=1S/C17H21BN2O6/c1-3-25-17(23)13-8-5-7-12-10-14(18(20-24)26-16(12)13)19-15(22)9-4-6-11(2)21/h5,7-8,14H,3-4,6,9-10H2,1-2H3,(H,19,22)/t14-/m0/s1. The highest BCUT2D eigenvalue weighted by Gasteiger charge is 2.40. The molecule has 1 aromatic rings. The summed E-state index contributed by atoms with van der Waals surface area (Å²) in [6, 6.07) is 5.00. The smallest absolute Gasteiger partial charge is 0.536 e. The fourth-order valence-corrected chi connectivity index (χ4v) is 2.79. The summed E-state index contributed by atoms with van der Waals surface area (Å²) in [5.74, 6) is -1.18. The SMILES string of the molecule is CCOC(=O)c1cccc2c1OB(N=O)[C@@H](NC(=O)CCCC(C)=O)C2. The zero-order chi connectivity index (χ0) is 19.1. The van der Waals surface area contributed by atoms with Crippen molar-refractivity contribution in [3.63, 3.8) is 0 Å². The van der Waals surface area contributed by atoms with E-state index in [2.05, 4.69) is 10.4 Å². The number of hydrogen-bond donors (Lipinski definition) is 1. The number of nitrogens with one attached hydrogen (secondary N) is 1. The van der Waals surface area contributed by atoms with Crippen molar-refractivity contribution in [1.29, 1.82) is 0 Å². The largest absolute Gasteiger partial charge is 0.570 e. The zero-order valence-electron chi connectivity index (χ0n) is 14.8. The van der Waals surface area contributed by atoms with Gasteiger partial charge in [0.15, 0.2) is 0 Å². The molecule has 138 valence electrons. The van der Waals surface area contributed by atoms with Crippen LogP contribution in [0, 0.1) is 4.91 Å². The van der Waals surface area contributed by atoms with E-state index < -0.39 is 19.0 Å². The molecule has 0 bridgehead atoms. The molecule has 0 fully saturated rings. The Morgan fingerprint density at radius 3 is 2.77 bits per heavy atom. The van der Waals surface area contributed by atoms with Crippen molar-refractivity contribution < 1.29 is 23.8 Å². The van der Waals surface area contributed by atoms with E-state index in [1.807, 2.05) is 0 Å². The van der Waals surface area contributed by atoms with Crippen LogP contribution in [0.4, 0.5) is 0 Å². The Bertz CT molecular complexity index is 708. The van der Waals surface area contributed by atoms with E-state index in [0.717, 1.165) is 0 Å². The van der Waals surface area contributed by atoms with E-state index in [9.17, 15) is 19.3 Å². The third kappa shape index (κ3) is 4.90. The molecule has 1 aromatic carbocycles. The maximum absolute atomic E-state index is 12.0. The molecule has 0 aliphatic carbocycles. The first-order valence-electron chi connectivity index (χ1n) is 8.53. The van der Waals surface area contributed by atoms with Gasteiger partial charge in [-0.2, -0.15) is 4.91 Å². The van der Waals surface area contributed by atoms with Crippen molar-refractivity contribution in [2.45, 2.75) is 45.5 Å². The molecule has 26 heavy (non-hydrogen) atoms. The molecule has 0 unspecified atom stereocenters. The third-order valence-electron chi connectivity index (χ3n) is 4.00. The lowest BCUT2D eigenvalue weighted by Gasteiger charge is -2.28. The summed E-state index contributed by atoms with van der Waals surface area (Å²) in [7, 11) is -1.14. The van der Waals surface area contributed by atoms with Crippen LogP contribution in [-0.4, -0.2) is 37.3 Å². The van der Waals surface area contributed by atoms with Gasteiger partial charge in [-0.15, -0.1) is 0 Å². The van der Waals surface area contributed by atoms with Gasteiger partial charge in [0.25, 0.3) is 0 Å². The summed E-state index contributed by atoms with van der Waals surface area (Å²) >= 11 is 0. The lowest BCUT2D eigenvalue weighted by molar-refractivity contribution is -0.121. The van der Waals surface area contributed by atoms with Crippen LogP contribution in [0.1, 0.15) is 49.0 Å². The van der Waals surface area contributed by atoms with E-state index in [0.29, 0.717) is 24.8 Å². The molecule has 0 aromatic heterocycles. The monoisotopic (exact) mass is 360 g/mol. The lowest BCUT2D eigenvalue weighted by atomic mass is 9.68. The van der Waals surface area contributed by atoms with Crippen LogP contribution in [0.25, 0.3) is 0 Å². The van der Waals surface area contributed by atoms with Crippen LogP contribution in [0.15, 0.2) is 23.3 Å². The maximum Gasteiger partial charge on any atom is 0.570 e. The number of carbonyl (C=O) groups is 3. The van der Waals surface area contributed by atoms with Gasteiger partial charge >= 0.3 is 13.0 Å². The molecule has 1 N–H and O–H groups in total. The van der Waals surface area contributed by atoms with Gasteiger partial charge in [0.1, 0.15) is 17.1 Å². The molecule has 1 amide bonds. The summed E-state index contributed by atoms with van der Waals surface area (Å²) in [4.78, 5) is 46.2. The second-order valence-electron chi connectivity index (χ2n) is 6.06. The Morgan fingerprint density at radius 1 is 1.35 bits per heavy atom. The molecular weight excluding hydrogens is 339 g/mol. The van der Waals surface area contributed by atoms with Crippen LogP contribution >= 0.6 is 0 Å². The quantitative estimate of drug-likeness (QED) is 0.430. The fourth-order valence-electron chi connectivity index (χ4n) is 2.79. The number of esters is 1. The van der Waals surface area contributed by atoms with E-state index >= 15 is 0 Å². The van der Waals surface area contributed by atoms with Crippen molar-refractivity contribution in [3.8, 4) is 5.75 Å². The first-order valence-corrected chi connectivity index (χ1v) is 8.53. The van der Waals surface area contributed by atoms with Crippen molar-refractivity contribution in [2.24, 2.45) is 5.09 Å². The minimum Gasteiger partial charge on any atom is -0.536 e. The van der Waals surface area contributed by atoms with E-state index in [1.54, 1.807) is 25.1 Å². The summed E-state index contributed by atoms with van der Waals surface area (Å²) in [5, 5.41) is 5.67. The van der Waals surface area contributed by atoms with Gasteiger partial charge in [0.2, 0.25) is 5.91 Å². The Labute approximate surface area is 151 Å². The molecular formula is C17H21BN2O6. The summed E-state index contributed by atoms with van der Waals surface area (Å²) < 4.78 is 10.6. The van der Waals surface area contributed by atoms with Gasteiger partial charge in [-0.1, -0.05) is 17.2 Å². The minimum atomic E-state index is -1.14. The highest BCUT2D eigenvalue weighted by Crippen LogP contribution is 2.31. The van der Waals surface area contributed by atoms with Gasteiger partial charge in [0, 0.05) is 12.8 Å². The van der Waals surface area contributed by atoms with E-state index in [4.69, 9.17) is 9.39 Å². The van der Waals surface area contributed by atoms with E-state index in [-0.39, 0.29) is 36.0 Å². The number of rotatable bonds is 8. The Kier molecular flexibility index (Phi) is 6.88. The highest BCUT2D eigenvalue weighted by atomic mass is 16.5. The molecule has 2 rings (SSSR count). The first-order chi connectivity index (χ1) is 12.5. The first kappa shape index (κ1) is 19.6. The maximum atomic E-state index is 12.0. The molecule has 8 nitrogen and oxygen atoms in total. The summed E-state index contributed by atoms with van der Waals surface area (Å²) in [5.41, 5.74) is 0.911. The van der Waals surface area contributed by atoms with Crippen LogP contribution in [-0.2, 0) is 20.7 Å². The van der Waals surface area contributed by atoms with Crippen LogP contribution < -0.4 is 9.97 Å². The number of ether oxygens (including phenoxy) is 1. The minimum absolute atomic E-state index is 0.0201. The average Bonchev–Trinajstić information content (AvgIpc) is 2.60. The number of nitrogens with zero attached hydrogens (tertiary/aromatic N) is 1. The molecule has 1 atom stereocenters. The Hall–Kier alpha value is -2.71. The number of ketones is 1. The van der Waals surface area contributed by atoms with Crippen LogP contribution in [0.3, 0.4) is 0 Å². The number of carbonyl (C=O) groups excluding carboxylic acids is 3. The zero-order valence-corrected chi connectivity index (χ0v) is 14.8. The van der Waals surface area contributed by atoms with Gasteiger partial charge in [-0.25, -0.2) is 4.79 Å². The normalized spacial score (nSPS) is 15.5. The topological polar surface area (TPSA) is 111 Å². The lowest BCUT2D eigenvalue weighted by Crippen LogP contribution is -2.52. The van der Waals surface area contributed by atoms with Crippen molar-refractivity contribution in [3.05, 3.63) is 34.2 Å². The van der Waals surface area contributed by atoms with Gasteiger partial charge in [0.05, 0.1) is 12.5 Å². The number of amides is 1. The Morgan fingerprint density at radius 2 is 2.12 bits per heavy atom. The van der Waals surface area contributed by atoms with Crippen molar-refractivity contribution >= 4 is 24.7 Å². The third-order valence-corrected chi connectivity index (χ3v) is 4.00. The molecule has 1 aliphatic rings. The van der Waals surface area contributed by atoms with Crippen LogP contribution in [0.5, 0.6) is 5.75 Å². The highest BCUT2D eigenvalue weighted by molar-refractivity contribution is 6.53. The summed E-state index contributed by atoms with van der Waals surface area (Å²) in [6.07, 6.45) is 1.25. The van der Waals surface area contributed by atoms with Crippen molar-refractivity contribution in [2.75, 3.05) is 6.61 Å².